The molecule has 5 heteroatoms. The molecule has 0 aliphatic carbocycles. The van der Waals surface area contributed by atoms with Crippen LogP contribution in [-0.2, 0) is 22.3 Å². The van der Waals surface area contributed by atoms with Gasteiger partial charge >= 0.3 is 0 Å². The largest absolute Gasteiger partial charge is 0.768 e. The molecular weight excluding hydrogens is 202 g/mol. The molecule has 1 aliphatic rings. The lowest BCUT2D eigenvalue weighted by Crippen LogP contribution is -2.18. The van der Waals surface area contributed by atoms with Crippen molar-refractivity contribution in [1.82, 2.24) is 0 Å². The number of carbonyl (C=O) groups is 1. The average Bonchev–Trinajstić information content (AvgIpc) is 2.16. The van der Waals surface area contributed by atoms with Crippen LogP contribution >= 0.6 is 0 Å². The zero-order chi connectivity index (χ0) is 10.1. The minimum atomic E-state index is -2.20. The molecule has 0 bridgehead atoms. The molecule has 1 amide bonds. The number of anilines is 1. The summed E-state index contributed by atoms with van der Waals surface area (Å²) in [7, 11) is 0. The van der Waals surface area contributed by atoms with Crippen LogP contribution in [0, 0.1) is 0 Å². The van der Waals surface area contributed by atoms with Crippen molar-refractivity contribution in [1.29, 1.82) is 0 Å². The highest BCUT2D eigenvalue weighted by molar-refractivity contribution is 7.79. The summed E-state index contributed by atoms with van der Waals surface area (Å²) >= 11 is -2.20. The van der Waals surface area contributed by atoms with Crippen LogP contribution in [0.1, 0.15) is 12.0 Å². The van der Waals surface area contributed by atoms with Crippen LogP contribution in [0.4, 0.5) is 5.69 Å². The molecule has 1 aromatic rings. The Morgan fingerprint density at radius 3 is 2.86 bits per heavy atom. The molecule has 0 saturated carbocycles. The van der Waals surface area contributed by atoms with Crippen molar-refractivity contribution in [2.75, 3.05) is 5.32 Å². The number of benzene rings is 1. The third-order valence-electron chi connectivity index (χ3n) is 2.16. The lowest BCUT2D eigenvalue weighted by atomic mass is 10.0. The predicted molar refractivity (Wildman–Crippen MR) is 50.6 cm³/mol. The molecule has 1 unspecified atom stereocenters. The van der Waals surface area contributed by atoms with Crippen molar-refractivity contribution in [3.8, 4) is 0 Å². The van der Waals surface area contributed by atoms with E-state index in [-0.39, 0.29) is 10.8 Å². The van der Waals surface area contributed by atoms with Crippen LogP contribution in [-0.4, -0.2) is 14.7 Å². The van der Waals surface area contributed by atoms with Gasteiger partial charge in [0, 0.05) is 17.0 Å². The lowest BCUT2D eigenvalue weighted by Gasteiger charge is -2.17. The van der Waals surface area contributed by atoms with Crippen molar-refractivity contribution >= 4 is 22.7 Å². The van der Waals surface area contributed by atoms with Crippen molar-refractivity contribution in [3.05, 3.63) is 23.8 Å². The van der Waals surface area contributed by atoms with Gasteiger partial charge in [-0.25, -0.2) is 0 Å². The minimum absolute atomic E-state index is 0.0199. The fourth-order valence-electron chi connectivity index (χ4n) is 1.46. The summed E-state index contributed by atoms with van der Waals surface area (Å²) in [6.07, 6.45) is 1.02. The summed E-state index contributed by atoms with van der Waals surface area (Å²) in [5.74, 6) is -0.0199. The van der Waals surface area contributed by atoms with Crippen LogP contribution in [0.25, 0.3) is 0 Å². The zero-order valence-electron chi connectivity index (χ0n) is 7.28. The third-order valence-corrected chi connectivity index (χ3v) is 2.80. The first kappa shape index (κ1) is 9.36. The topological polar surface area (TPSA) is 69.2 Å². The highest BCUT2D eigenvalue weighted by atomic mass is 32.2. The first-order chi connectivity index (χ1) is 6.66. The molecule has 1 N–H and O–H groups in total. The van der Waals surface area contributed by atoms with Crippen LogP contribution in [0.5, 0.6) is 0 Å². The van der Waals surface area contributed by atoms with Gasteiger partial charge < -0.3 is 9.87 Å². The number of aryl methyl sites for hydroxylation is 1. The Morgan fingerprint density at radius 2 is 2.14 bits per heavy atom. The molecule has 0 aromatic heterocycles. The number of hydrogen-bond donors (Lipinski definition) is 1. The summed E-state index contributed by atoms with van der Waals surface area (Å²) in [5.41, 5.74) is 1.60. The summed E-state index contributed by atoms with van der Waals surface area (Å²) in [6, 6.07) is 4.70. The van der Waals surface area contributed by atoms with Crippen molar-refractivity contribution in [2.45, 2.75) is 17.7 Å². The monoisotopic (exact) mass is 210 g/mol. The molecule has 0 saturated heterocycles. The van der Waals surface area contributed by atoms with Crippen LogP contribution in [0.3, 0.4) is 0 Å². The smallest absolute Gasteiger partial charge is 0.224 e. The van der Waals surface area contributed by atoms with E-state index in [1.165, 1.54) is 6.07 Å². The highest BCUT2D eigenvalue weighted by Gasteiger charge is 2.14. The Morgan fingerprint density at radius 1 is 1.36 bits per heavy atom. The Labute approximate surface area is 83.6 Å². The van der Waals surface area contributed by atoms with E-state index in [1.54, 1.807) is 12.1 Å². The Bertz CT molecular complexity index is 417. The van der Waals surface area contributed by atoms with E-state index in [1.807, 2.05) is 0 Å². The van der Waals surface area contributed by atoms with E-state index in [0.29, 0.717) is 12.8 Å². The van der Waals surface area contributed by atoms with Gasteiger partial charge in [0.05, 0.1) is 0 Å². The first-order valence-corrected chi connectivity index (χ1v) is 5.26. The quantitative estimate of drug-likeness (QED) is 0.697. The van der Waals surface area contributed by atoms with Gasteiger partial charge in [-0.2, -0.15) is 0 Å². The maximum atomic E-state index is 11.0. The summed E-state index contributed by atoms with van der Waals surface area (Å²) in [5, 5.41) is 2.69. The normalized spacial score (nSPS) is 17.1. The number of amides is 1. The van der Waals surface area contributed by atoms with Gasteiger partial charge in [-0.3, -0.25) is 9.00 Å². The van der Waals surface area contributed by atoms with Gasteiger partial charge in [0.25, 0.3) is 0 Å². The molecule has 2 rings (SSSR count). The van der Waals surface area contributed by atoms with E-state index in [9.17, 15) is 13.6 Å². The van der Waals surface area contributed by atoms with Gasteiger partial charge in [-0.1, -0.05) is 0 Å². The minimum Gasteiger partial charge on any atom is -0.768 e. The molecule has 0 spiro atoms. The highest BCUT2D eigenvalue weighted by Crippen LogP contribution is 2.24. The Hall–Kier alpha value is -1.20. The van der Waals surface area contributed by atoms with Gasteiger partial charge in [0.2, 0.25) is 5.91 Å². The van der Waals surface area contributed by atoms with Gasteiger partial charge in [-0.05, 0) is 41.3 Å². The number of fused-ring (bicyclic) bond motifs is 1. The number of hydrogen-bond acceptors (Lipinski definition) is 3. The second kappa shape index (κ2) is 3.51. The molecule has 1 aliphatic heterocycles. The molecule has 1 atom stereocenters. The lowest BCUT2D eigenvalue weighted by molar-refractivity contribution is -0.116. The van der Waals surface area contributed by atoms with E-state index in [4.69, 9.17) is 0 Å². The fourth-order valence-corrected chi connectivity index (χ4v) is 1.88. The molecule has 1 aromatic carbocycles. The maximum absolute atomic E-state index is 11.0. The van der Waals surface area contributed by atoms with E-state index >= 15 is 0 Å². The van der Waals surface area contributed by atoms with Crippen molar-refractivity contribution in [2.24, 2.45) is 0 Å². The molecule has 0 fully saturated rings. The SMILES string of the molecule is O=C1CCc2cc(S(=O)[O-])ccc2N1. The second-order valence-electron chi connectivity index (χ2n) is 3.10. The molecule has 1 heterocycles. The van der Waals surface area contributed by atoms with Crippen molar-refractivity contribution < 1.29 is 13.6 Å². The standard InChI is InChI=1S/C9H9NO3S/c11-9-4-1-6-5-7(14(12)13)2-3-8(6)10-9/h2-3,5H,1,4H2,(H,10,11)(H,12,13)/p-1. The Kier molecular flexibility index (Phi) is 2.35. The van der Waals surface area contributed by atoms with Crippen molar-refractivity contribution in [3.63, 3.8) is 0 Å². The van der Waals surface area contributed by atoms with Crippen LogP contribution in [0.15, 0.2) is 23.1 Å². The molecule has 0 radical (unpaired) electrons. The summed E-state index contributed by atoms with van der Waals surface area (Å²) in [4.78, 5) is 11.3. The maximum Gasteiger partial charge on any atom is 0.224 e. The number of rotatable bonds is 1. The molecular formula is C9H8NO3S-. The molecule has 74 valence electrons. The van der Waals surface area contributed by atoms with Gasteiger partial charge in [0.15, 0.2) is 0 Å². The van der Waals surface area contributed by atoms with Crippen LogP contribution in [0.2, 0.25) is 0 Å². The van der Waals surface area contributed by atoms with E-state index in [0.717, 1.165) is 11.3 Å². The summed E-state index contributed by atoms with van der Waals surface area (Å²) in [6.45, 7) is 0. The fraction of sp³-hybridized carbons (Fsp3) is 0.222. The van der Waals surface area contributed by atoms with Gasteiger partial charge in [0.1, 0.15) is 0 Å². The Balaban J connectivity index is 2.41. The third kappa shape index (κ3) is 1.69. The number of carbonyl (C=O) groups excluding carboxylic acids is 1. The summed E-state index contributed by atoms with van der Waals surface area (Å²) < 4.78 is 21.3. The second-order valence-corrected chi connectivity index (χ2v) is 4.04. The molecule has 4 nitrogen and oxygen atoms in total. The van der Waals surface area contributed by atoms with Gasteiger partial charge in [-0.15, -0.1) is 0 Å². The van der Waals surface area contributed by atoms with Crippen LogP contribution < -0.4 is 5.32 Å². The van der Waals surface area contributed by atoms with E-state index in [2.05, 4.69) is 5.32 Å². The first-order valence-electron chi connectivity index (χ1n) is 4.19. The molecule has 14 heavy (non-hydrogen) atoms. The zero-order valence-corrected chi connectivity index (χ0v) is 8.10. The average molecular weight is 210 g/mol. The predicted octanol–water partition coefficient (Wildman–Crippen LogP) is 0.809. The van der Waals surface area contributed by atoms with E-state index < -0.39 is 11.1 Å². The number of nitrogens with one attached hydrogen (secondary N) is 1.